The summed E-state index contributed by atoms with van der Waals surface area (Å²) in [7, 11) is 3.36. The van der Waals surface area contributed by atoms with Gasteiger partial charge in [-0.25, -0.2) is 0 Å². The van der Waals surface area contributed by atoms with E-state index in [0.717, 1.165) is 17.9 Å². The Hall–Kier alpha value is -1.75. The van der Waals surface area contributed by atoms with E-state index in [4.69, 9.17) is 15.2 Å². The number of benzene rings is 1. The highest BCUT2D eigenvalue weighted by Gasteiger charge is 2.41. The summed E-state index contributed by atoms with van der Waals surface area (Å²) < 4.78 is 10.6. The first kappa shape index (κ1) is 13.7. The molecular weight excluding hydrogens is 242 g/mol. The van der Waals surface area contributed by atoms with Gasteiger partial charge in [-0.1, -0.05) is 13.0 Å². The van der Waals surface area contributed by atoms with Crippen LogP contribution >= 0.6 is 0 Å². The van der Waals surface area contributed by atoms with Crippen molar-refractivity contribution < 1.29 is 9.47 Å². The molecule has 1 unspecified atom stereocenters. The van der Waals surface area contributed by atoms with Crippen LogP contribution in [0.1, 0.15) is 13.3 Å². The molecule has 0 radical (unpaired) electrons. The van der Waals surface area contributed by atoms with Gasteiger partial charge < -0.3 is 20.1 Å². The summed E-state index contributed by atoms with van der Waals surface area (Å²) in [5.74, 6) is 1.34. The Balaban J connectivity index is 2.40. The zero-order chi connectivity index (χ0) is 13.9. The highest BCUT2D eigenvalue weighted by Crippen LogP contribution is 2.33. The molecule has 1 aliphatic heterocycles. The molecule has 5 heteroatoms. The number of methoxy groups -OCH3 is 2. The van der Waals surface area contributed by atoms with E-state index in [1.165, 1.54) is 0 Å². The maximum Gasteiger partial charge on any atom is 0.196 e. The van der Waals surface area contributed by atoms with Crippen LogP contribution in [0.25, 0.3) is 0 Å². The van der Waals surface area contributed by atoms with Crippen molar-refractivity contribution in [3.63, 3.8) is 0 Å². The number of guanidine groups is 1. The molecule has 5 nitrogen and oxygen atoms in total. The number of anilines is 1. The predicted octanol–water partition coefficient (Wildman–Crippen LogP) is 1.63. The highest BCUT2D eigenvalue weighted by atomic mass is 16.5. The molecular formula is C14H21N3O2. The molecule has 0 fully saturated rings. The van der Waals surface area contributed by atoms with Crippen molar-refractivity contribution in [1.82, 2.24) is 0 Å². The van der Waals surface area contributed by atoms with Crippen molar-refractivity contribution in [2.45, 2.75) is 18.9 Å². The third-order valence-corrected chi connectivity index (χ3v) is 3.62. The van der Waals surface area contributed by atoms with Gasteiger partial charge in [0, 0.05) is 18.9 Å². The average molecular weight is 263 g/mol. The van der Waals surface area contributed by atoms with Gasteiger partial charge in [0.25, 0.3) is 0 Å². The second-order valence-corrected chi connectivity index (χ2v) is 4.72. The maximum atomic E-state index is 6.06. The fraction of sp³-hybridized carbons (Fsp3) is 0.500. The Morgan fingerprint density at radius 2 is 2.21 bits per heavy atom. The number of nitrogens with zero attached hydrogens (tertiary/aromatic N) is 2. The van der Waals surface area contributed by atoms with Crippen molar-refractivity contribution in [3.05, 3.63) is 24.3 Å². The van der Waals surface area contributed by atoms with Crippen LogP contribution in [0.4, 0.5) is 5.69 Å². The fourth-order valence-corrected chi connectivity index (χ4v) is 2.52. The monoisotopic (exact) mass is 263 g/mol. The van der Waals surface area contributed by atoms with Crippen LogP contribution in [0.15, 0.2) is 29.3 Å². The fourth-order valence-electron chi connectivity index (χ4n) is 2.52. The smallest absolute Gasteiger partial charge is 0.196 e. The first-order valence-electron chi connectivity index (χ1n) is 6.40. The molecule has 104 valence electrons. The molecule has 1 aromatic carbocycles. The van der Waals surface area contributed by atoms with E-state index in [1.54, 1.807) is 14.2 Å². The molecule has 0 saturated carbocycles. The van der Waals surface area contributed by atoms with E-state index in [1.807, 2.05) is 24.3 Å². The van der Waals surface area contributed by atoms with Gasteiger partial charge in [-0.3, -0.25) is 4.99 Å². The van der Waals surface area contributed by atoms with Crippen LogP contribution in [-0.2, 0) is 4.74 Å². The van der Waals surface area contributed by atoms with Gasteiger partial charge >= 0.3 is 0 Å². The van der Waals surface area contributed by atoms with Crippen LogP contribution in [0, 0.1) is 0 Å². The van der Waals surface area contributed by atoms with E-state index in [-0.39, 0.29) is 5.54 Å². The van der Waals surface area contributed by atoms with Crippen molar-refractivity contribution in [1.29, 1.82) is 0 Å². The van der Waals surface area contributed by atoms with Gasteiger partial charge in [0.15, 0.2) is 5.96 Å². The van der Waals surface area contributed by atoms with Crippen LogP contribution in [0.5, 0.6) is 5.75 Å². The van der Waals surface area contributed by atoms with Crippen molar-refractivity contribution in [2.24, 2.45) is 10.7 Å². The molecule has 0 spiro atoms. The van der Waals surface area contributed by atoms with Gasteiger partial charge in [-0.2, -0.15) is 0 Å². The molecule has 1 aromatic rings. The predicted molar refractivity (Wildman–Crippen MR) is 76.9 cm³/mol. The Kier molecular flexibility index (Phi) is 3.95. The zero-order valence-corrected chi connectivity index (χ0v) is 11.7. The SMILES string of the molecule is CCC1(COC)CN=C(N)N1c1cccc(OC)c1. The number of hydrogen-bond acceptors (Lipinski definition) is 5. The minimum absolute atomic E-state index is 0.203. The van der Waals surface area contributed by atoms with Gasteiger partial charge in [0.05, 0.1) is 25.8 Å². The number of hydrogen-bond donors (Lipinski definition) is 1. The zero-order valence-electron chi connectivity index (χ0n) is 11.7. The van der Waals surface area contributed by atoms with Crippen molar-refractivity contribution in [2.75, 3.05) is 32.3 Å². The maximum absolute atomic E-state index is 6.06. The molecule has 1 atom stereocenters. The molecule has 0 amide bonds. The average Bonchev–Trinajstić information content (AvgIpc) is 2.77. The second kappa shape index (κ2) is 5.48. The first-order valence-corrected chi connectivity index (χ1v) is 6.40. The number of rotatable bonds is 5. The summed E-state index contributed by atoms with van der Waals surface area (Å²) in [5.41, 5.74) is 6.84. The van der Waals surface area contributed by atoms with E-state index >= 15 is 0 Å². The molecule has 1 aliphatic rings. The minimum atomic E-state index is -0.203. The third-order valence-electron chi connectivity index (χ3n) is 3.62. The molecule has 0 aliphatic carbocycles. The lowest BCUT2D eigenvalue weighted by molar-refractivity contribution is 0.138. The molecule has 0 bridgehead atoms. The lowest BCUT2D eigenvalue weighted by Crippen LogP contribution is -2.54. The summed E-state index contributed by atoms with van der Waals surface area (Å²) in [5, 5.41) is 0. The summed E-state index contributed by atoms with van der Waals surface area (Å²) in [6.45, 7) is 3.37. The largest absolute Gasteiger partial charge is 0.497 e. The van der Waals surface area contributed by atoms with Gasteiger partial charge in [-0.15, -0.1) is 0 Å². The van der Waals surface area contributed by atoms with Crippen molar-refractivity contribution in [3.8, 4) is 5.75 Å². The lowest BCUT2D eigenvalue weighted by atomic mass is 9.95. The topological polar surface area (TPSA) is 60.1 Å². The van der Waals surface area contributed by atoms with E-state index in [0.29, 0.717) is 19.1 Å². The first-order chi connectivity index (χ1) is 9.16. The van der Waals surface area contributed by atoms with Crippen LogP contribution in [0.2, 0.25) is 0 Å². The quantitative estimate of drug-likeness (QED) is 0.877. The van der Waals surface area contributed by atoms with E-state index < -0.39 is 0 Å². The number of ether oxygens (including phenoxy) is 2. The van der Waals surface area contributed by atoms with Crippen LogP contribution in [-0.4, -0.2) is 38.9 Å². The van der Waals surface area contributed by atoms with E-state index in [2.05, 4.69) is 16.8 Å². The Bertz CT molecular complexity index is 476. The van der Waals surface area contributed by atoms with Crippen LogP contribution in [0.3, 0.4) is 0 Å². The lowest BCUT2D eigenvalue weighted by Gasteiger charge is -2.38. The van der Waals surface area contributed by atoms with Crippen molar-refractivity contribution >= 4 is 11.6 Å². The molecule has 1 heterocycles. The molecule has 0 saturated heterocycles. The summed E-state index contributed by atoms with van der Waals surface area (Å²) in [4.78, 5) is 6.45. The normalized spacial score (nSPS) is 22.5. The van der Waals surface area contributed by atoms with Gasteiger partial charge in [-0.05, 0) is 18.6 Å². The van der Waals surface area contributed by atoms with E-state index in [9.17, 15) is 0 Å². The molecule has 2 N–H and O–H groups in total. The van der Waals surface area contributed by atoms with Gasteiger partial charge in [0.2, 0.25) is 0 Å². The number of nitrogens with two attached hydrogens (primary N) is 1. The van der Waals surface area contributed by atoms with Gasteiger partial charge in [0.1, 0.15) is 5.75 Å². The highest BCUT2D eigenvalue weighted by molar-refractivity contribution is 5.98. The Labute approximate surface area is 114 Å². The Morgan fingerprint density at radius 1 is 1.42 bits per heavy atom. The molecule has 0 aromatic heterocycles. The summed E-state index contributed by atoms with van der Waals surface area (Å²) in [6.07, 6.45) is 0.905. The summed E-state index contributed by atoms with van der Waals surface area (Å²) in [6, 6.07) is 7.84. The Morgan fingerprint density at radius 3 is 2.84 bits per heavy atom. The number of aliphatic imine (C=N–C) groups is 1. The van der Waals surface area contributed by atoms with Crippen LogP contribution < -0.4 is 15.4 Å². The molecule has 19 heavy (non-hydrogen) atoms. The second-order valence-electron chi connectivity index (χ2n) is 4.72. The molecule has 2 rings (SSSR count). The minimum Gasteiger partial charge on any atom is -0.497 e. The third kappa shape index (κ3) is 2.38. The summed E-state index contributed by atoms with van der Waals surface area (Å²) >= 11 is 0. The standard InChI is InChI=1S/C14H21N3O2/c1-4-14(10-18-2)9-16-13(15)17(14)11-6-5-7-12(8-11)19-3/h5-8H,4,9-10H2,1-3H3,(H2,15,16).